The second kappa shape index (κ2) is 4.96. The Balaban J connectivity index is 2.00. The molecule has 1 unspecified atom stereocenters. The maximum atomic E-state index is 9.79. The fourth-order valence-corrected chi connectivity index (χ4v) is 2.52. The van der Waals surface area contributed by atoms with E-state index in [1.807, 2.05) is 6.07 Å². The van der Waals surface area contributed by atoms with Crippen LogP contribution in [0.25, 0.3) is 0 Å². The molecule has 1 aliphatic rings. The molecule has 17 heavy (non-hydrogen) atoms. The largest absolute Gasteiger partial charge is 0.508 e. The van der Waals surface area contributed by atoms with E-state index >= 15 is 0 Å². The lowest BCUT2D eigenvalue weighted by molar-refractivity contribution is 0.292. The topological polar surface area (TPSA) is 49.5 Å². The molecule has 1 atom stereocenters. The highest BCUT2D eigenvalue weighted by molar-refractivity contribution is 5.47. The van der Waals surface area contributed by atoms with Gasteiger partial charge < -0.3 is 10.8 Å². The summed E-state index contributed by atoms with van der Waals surface area (Å²) in [4.78, 5) is 2.40. The number of rotatable bonds is 3. The first-order valence-electron chi connectivity index (χ1n) is 6.36. The summed E-state index contributed by atoms with van der Waals surface area (Å²) < 4.78 is 0. The van der Waals surface area contributed by atoms with Gasteiger partial charge in [0.15, 0.2) is 0 Å². The van der Waals surface area contributed by atoms with E-state index in [0.29, 0.717) is 5.75 Å². The molecule has 1 aromatic carbocycles. The highest BCUT2D eigenvalue weighted by Crippen LogP contribution is 2.27. The van der Waals surface area contributed by atoms with Crippen molar-refractivity contribution in [1.29, 1.82) is 0 Å². The SMILES string of the molecule is CC(C)C1CCN(Cc2cc(N)ccc2O)C1. The number of likely N-dealkylation sites (tertiary alicyclic amines) is 1. The van der Waals surface area contributed by atoms with Crippen LogP contribution in [0.15, 0.2) is 18.2 Å². The van der Waals surface area contributed by atoms with Gasteiger partial charge in [-0.2, -0.15) is 0 Å². The van der Waals surface area contributed by atoms with Gasteiger partial charge in [-0.25, -0.2) is 0 Å². The van der Waals surface area contributed by atoms with Crippen molar-refractivity contribution >= 4 is 5.69 Å². The monoisotopic (exact) mass is 234 g/mol. The number of phenols is 1. The molecule has 1 saturated heterocycles. The zero-order chi connectivity index (χ0) is 12.4. The van der Waals surface area contributed by atoms with Gasteiger partial charge in [0, 0.05) is 24.3 Å². The van der Waals surface area contributed by atoms with Crippen molar-refractivity contribution in [1.82, 2.24) is 4.90 Å². The van der Waals surface area contributed by atoms with E-state index in [2.05, 4.69) is 18.7 Å². The summed E-state index contributed by atoms with van der Waals surface area (Å²) in [5, 5.41) is 9.79. The summed E-state index contributed by atoms with van der Waals surface area (Å²) in [6, 6.07) is 5.29. The Labute approximate surface area is 103 Å². The summed E-state index contributed by atoms with van der Waals surface area (Å²) in [7, 11) is 0. The van der Waals surface area contributed by atoms with Crippen LogP contribution in [0.5, 0.6) is 5.75 Å². The van der Waals surface area contributed by atoms with Crippen molar-refractivity contribution in [2.75, 3.05) is 18.8 Å². The third-order valence-corrected chi connectivity index (χ3v) is 3.75. The van der Waals surface area contributed by atoms with Gasteiger partial charge in [0.05, 0.1) is 0 Å². The van der Waals surface area contributed by atoms with Gasteiger partial charge in [-0.15, -0.1) is 0 Å². The molecule has 0 saturated carbocycles. The van der Waals surface area contributed by atoms with Crippen molar-refractivity contribution in [3.63, 3.8) is 0 Å². The van der Waals surface area contributed by atoms with E-state index in [4.69, 9.17) is 5.73 Å². The molecule has 0 aromatic heterocycles. The average molecular weight is 234 g/mol. The quantitative estimate of drug-likeness (QED) is 0.624. The Morgan fingerprint density at radius 1 is 1.47 bits per heavy atom. The van der Waals surface area contributed by atoms with Crippen molar-refractivity contribution in [2.45, 2.75) is 26.8 Å². The lowest BCUT2D eigenvalue weighted by Gasteiger charge is -2.18. The van der Waals surface area contributed by atoms with Gasteiger partial charge in [0.1, 0.15) is 5.75 Å². The second-order valence-corrected chi connectivity index (χ2v) is 5.42. The molecular weight excluding hydrogens is 212 g/mol. The van der Waals surface area contributed by atoms with Gasteiger partial charge in [-0.05, 0) is 43.0 Å². The Kier molecular flexibility index (Phi) is 3.57. The van der Waals surface area contributed by atoms with Gasteiger partial charge >= 0.3 is 0 Å². The number of hydrogen-bond acceptors (Lipinski definition) is 3. The summed E-state index contributed by atoms with van der Waals surface area (Å²) in [6.45, 7) is 7.63. The molecule has 1 heterocycles. The van der Waals surface area contributed by atoms with Crippen LogP contribution in [0.2, 0.25) is 0 Å². The Hall–Kier alpha value is -1.22. The predicted molar refractivity (Wildman–Crippen MR) is 70.7 cm³/mol. The first kappa shape index (κ1) is 12.2. The van der Waals surface area contributed by atoms with Crippen molar-refractivity contribution in [3.8, 4) is 5.75 Å². The van der Waals surface area contributed by atoms with Gasteiger partial charge in [0.2, 0.25) is 0 Å². The van der Waals surface area contributed by atoms with Crippen LogP contribution in [0.1, 0.15) is 25.8 Å². The number of phenolic OH excluding ortho intramolecular Hbond substituents is 1. The molecule has 94 valence electrons. The van der Waals surface area contributed by atoms with E-state index in [1.54, 1.807) is 12.1 Å². The first-order valence-corrected chi connectivity index (χ1v) is 6.36. The zero-order valence-electron chi connectivity index (χ0n) is 10.7. The molecule has 1 aromatic rings. The Bertz CT molecular complexity index is 390. The van der Waals surface area contributed by atoms with Crippen LogP contribution in [0.4, 0.5) is 5.69 Å². The van der Waals surface area contributed by atoms with E-state index in [9.17, 15) is 5.11 Å². The van der Waals surface area contributed by atoms with Gasteiger partial charge in [-0.1, -0.05) is 13.8 Å². The summed E-state index contributed by atoms with van der Waals surface area (Å²) in [5.41, 5.74) is 7.41. The van der Waals surface area contributed by atoms with Gasteiger partial charge in [0.25, 0.3) is 0 Å². The first-order chi connectivity index (χ1) is 8.06. The van der Waals surface area contributed by atoms with E-state index in [1.165, 1.54) is 6.42 Å². The minimum Gasteiger partial charge on any atom is -0.508 e. The number of nitrogen functional groups attached to an aromatic ring is 1. The zero-order valence-corrected chi connectivity index (χ0v) is 10.7. The average Bonchev–Trinajstić information content (AvgIpc) is 2.72. The molecule has 0 bridgehead atoms. The normalized spacial score (nSPS) is 21.2. The van der Waals surface area contributed by atoms with Crippen LogP contribution in [0, 0.1) is 11.8 Å². The number of nitrogens with two attached hydrogens (primary N) is 1. The van der Waals surface area contributed by atoms with Crippen molar-refractivity contribution in [2.24, 2.45) is 11.8 Å². The third-order valence-electron chi connectivity index (χ3n) is 3.75. The maximum Gasteiger partial charge on any atom is 0.120 e. The third kappa shape index (κ3) is 2.91. The molecular formula is C14H22N2O. The fraction of sp³-hybridized carbons (Fsp3) is 0.571. The standard InChI is InChI=1S/C14H22N2O/c1-10(2)11-5-6-16(8-11)9-12-7-13(15)3-4-14(12)17/h3-4,7,10-11,17H,5-6,8-9,15H2,1-2H3. The van der Waals surface area contributed by atoms with Crippen molar-refractivity contribution < 1.29 is 5.11 Å². The Morgan fingerprint density at radius 2 is 2.24 bits per heavy atom. The lowest BCUT2D eigenvalue weighted by atomic mass is 9.95. The molecule has 3 heteroatoms. The fourth-order valence-electron chi connectivity index (χ4n) is 2.52. The van der Waals surface area contributed by atoms with E-state index < -0.39 is 0 Å². The summed E-state index contributed by atoms with van der Waals surface area (Å²) in [6.07, 6.45) is 1.26. The van der Waals surface area contributed by atoms with Crippen LogP contribution in [-0.2, 0) is 6.54 Å². The molecule has 0 aliphatic carbocycles. The number of aromatic hydroxyl groups is 1. The minimum absolute atomic E-state index is 0.354. The molecule has 1 fully saturated rings. The van der Waals surface area contributed by atoms with Gasteiger partial charge in [-0.3, -0.25) is 4.90 Å². The van der Waals surface area contributed by atoms with E-state index in [0.717, 1.165) is 42.7 Å². The number of hydrogen-bond donors (Lipinski definition) is 2. The molecule has 3 nitrogen and oxygen atoms in total. The second-order valence-electron chi connectivity index (χ2n) is 5.42. The molecule has 0 spiro atoms. The lowest BCUT2D eigenvalue weighted by Crippen LogP contribution is -2.21. The highest BCUT2D eigenvalue weighted by atomic mass is 16.3. The van der Waals surface area contributed by atoms with Crippen LogP contribution < -0.4 is 5.73 Å². The smallest absolute Gasteiger partial charge is 0.120 e. The Morgan fingerprint density at radius 3 is 2.88 bits per heavy atom. The number of benzene rings is 1. The summed E-state index contributed by atoms with van der Waals surface area (Å²) >= 11 is 0. The number of nitrogens with zero attached hydrogens (tertiary/aromatic N) is 1. The summed E-state index contributed by atoms with van der Waals surface area (Å²) in [5.74, 6) is 1.89. The molecule has 2 rings (SSSR count). The minimum atomic E-state index is 0.354. The van der Waals surface area contributed by atoms with Crippen LogP contribution in [-0.4, -0.2) is 23.1 Å². The molecule has 3 N–H and O–H groups in total. The number of anilines is 1. The van der Waals surface area contributed by atoms with E-state index in [-0.39, 0.29) is 0 Å². The maximum absolute atomic E-state index is 9.79. The molecule has 0 radical (unpaired) electrons. The molecule has 1 aliphatic heterocycles. The van der Waals surface area contributed by atoms with Crippen LogP contribution >= 0.6 is 0 Å². The predicted octanol–water partition coefficient (Wildman–Crippen LogP) is 2.45. The highest BCUT2D eigenvalue weighted by Gasteiger charge is 2.25. The van der Waals surface area contributed by atoms with Crippen LogP contribution in [0.3, 0.4) is 0 Å². The van der Waals surface area contributed by atoms with Crippen molar-refractivity contribution in [3.05, 3.63) is 23.8 Å². The molecule has 0 amide bonds.